The lowest BCUT2D eigenvalue weighted by Crippen LogP contribution is -2.05. The molecule has 0 radical (unpaired) electrons. The molecule has 0 saturated heterocycles. The third-order valence-electron chi connectivity index (χ3n) is 2.77. The maximum absolute atomic E-state index is 6.02. The normalized spacial score (nSPS) is 10.2. The van der Waals surface area contributed by atoms with Crippen LogP contribution in [0.4, 0.5) is 0 Å². The van der Waals surface area contributed by atoms with E-state index in [2.05, 4.69) is 0 Å². The quantitative estimate of drug-likeness (QED) is 0.681. The van der Waals surface area contributed by atoms with E-state index in [-0.39, 0.29) is 0 Å². The molecule has 0 amide bonds. The molecule has 21 heavy (non-hydrogen) atoms. The summed E-state index contributed by atoms with van der Waals surface area (Å²) in [5.41, 5.74) is 0. The Morgan fingerprint density at radius 2 is 1.52 bits per heavy atom. The number of halogens is 2. The van der Waals surface area contributed by atoms with Gasteiger partial charge in [0.2, 0.25) is 0 Å². The highest BCUT2D eigenvalue weighted by Gasteiger charge is 2.04. The van der Waals surface area contributed by atoms with E-state index in [1.54, 1.807) is 25.3 Å². The first kappa shape index (κ1) is 15.8. The summed E-state index contributed by atoms with van der Waals surface area (Å²) in [5, 5.41) is 1.10. The van der Waals surface area contributed by atoms with Crippen molar-refractivity contribution in [3.05, 3.63) is 52.5 Å². The molecule has 0 aliphatic carbocycles. The minimum Gasteiger partial charge on any atom is -0.493 e. The highest BCUT2D eigenvalue weighted by molar-refractivity contribution is 6.35. The third-order valence-corrected chi connectivity index (χ3v) is 3.30. The summed E-state index contributed by atoms with van der Waals surface area (Å²) in [6, 6.07) is 12.7. The topological polar surface area (TPSA) is 27.7 Å². The molecule has 0 bridgehead atoms. The summed E-state index contributed by atoms with van der Waals surface area (Å²) in [4.78, 5) is 0. The van der Waals surface area contributed by atoms with Gasteiger partial charge in [-0.2, -0.15) is 0 Å². The molecule has 0 heterocycles. The number of hydrogen-bond acceptors (Lipinski definition) is 3. The molecule has 0 aliphatic rings. The molecule has 2 aromatic carbocycles. The molecule has 2 rings (SSSR count). The zero-order chi connectivity index (χ0) is 15.1. The van der Waals surface area contributed by atoms with Crippen LogP contribution >= 0.6 is 23.2 Å². The Kier molecular flexibility index (Phi) is 6.03. The predicted molar refractivity (Wildman–Crippen MR) is 85.1 cm³/mol. The van der Waals surface area contributed by atoms with Crippen molar-refractivity contribution < 1.29 is 14.2 Å². The van der Waals surface area contributed by atoms with Gasteiger partial charge in [0.25, 0.3) is 0 Å². The standard InChI is InChI=1S/C16H16Cl2O3/c1-19-15-5-2-3-6-16(15)21-10-4-9-20-14-8-7-12(17)11-13(14)18/h2-3,5-8,11H,4,9-10H2,1H3. The molecule has 3 nitrogen and oxygen atoms in total. The van der Waals surface area contributed by atoms with Gasteiger partial charge in [-0.25, -0.2) is 0 Å². The molecule has 0 N–H and O–H groups in total. The Bertz CT molecular complexity index is 587. The maximum Gasteiger partial charge on any atom is 0.161 e. The van der Waals surface area contributed by atoms with Crippen molar-refractivity contribution in [2.75, 3.05) is 20.3 Å². The zero-order valence-electron chi connectivity index (χ0n) is 11.6. The monoisotopic (exact) mass is 326 g/mol. The van der Waals surface area contributed by atoms with E-state index in [1.807, 2.05) is 24.3 Å². The van der Waals surface area contributed by atoms with Crippen molar-refractivity contribution in [2.45, 2.75) is 6.42 Å². The van der Waals surface area contributed by atoms with Gasteiger partial charge in [0, 0.05) is 11.4 Å². The van der Waals surface area contributed by atoms with Crippen molar-refractivity contribution in [1.29, 1.82) is 0 Å². The third kappa shape index (κ3) is 4.73. The first-order valence-corrected chi connectivity index (χ1v) is 7.30. The van der Waals surface area contributed by atoms with Gasteiger partial charge >= 0.3 is 0 Å². The smallest absolute Gasteiger partial charge is 0.161 e. The number of benzene rings is 2. The molecular formula is C16H16Cl2O3. The van der Waals surface area contributed by atoms with Gasteiger partial charge in [0.15, 0.2) is 11.5 Å². The molecule has 0 spiro atoms. The first-order chi connectivity index (χ1) is 10.2. The lowest BCUT2D eigenvalue weighted by molar-refractivity contribution is 0.240. The van der Waals surface area contributed by atoms with Crippen LogP contribution in [-0.4, -0.2) is 20.3 Å². The van der Waals surface area contributed by atoms with Crippen LogP contribution in [0.5, 0.6) is 17.2 Å². The van der Waals surface area contributed by atoms with Crippen LogP contribution in [0.2, 0.25) is 10.0 Å². The second-order valence-electron chi connectivity index (χ2n) is 4.28. The average molecular weight is 327 g/mol. The Balaban J connectivity index is 1.75. The SMILES string of the molecule is COc1ccccc1OCCCOc1ccc(Cl)cc1Cl. The van der Waals surface area contributed by atoms with Gasteiger partial charge < -0.3 is 14.2 Å². The van der Waals surface area contributed by atoms with Crippen molar-refractivity contribution >= 4 is 23.2 Å². The molecule has 5 heteroatoms. The summed E-state index contributed by atoms with van der Waals surface area (Å²) in [6.45, 7) is 1.04. The molecule has 112 valence electrons. The largest absolute Gasteiger partial charge is 0.493 e. The minimum absolute atomic E-state index is 0.508. The maximum atomic E-state index is 6.02. The van der Waals surface area contributed by atoms with Crippen molar-refractivity contribution in [1.82, 2.24) is 0 Å². The van der Waals surface area contributed by atoms with E-state index >= 15 is 0 Å². The summed E-state index contributed by atoms with van der Waals surface area (Å²) in [5.74, 6) is 2.07. The lowest BCUT2D eigenvalue weighted by Gasteiger charge is -2.11. The van der Waals surface area contributed by atoms with Crippen LogP contribution in [0.25, 0.3) is 0 Å². The van der Waals surface area contributed by atoms with E-state index < -0.39 is 0 Å². The number of methoxy groups -OCH3 is 1. The van der Waals surface area contributed by atoms with E-state index in [9.17, 15) is 0 Å². The van der Waals surface area contributed by atoms with Gasteiger partial charge in [-0.05, 0) is 30.3 Å². The minimum atomic E-state index is 0.508. The highest BCUT2D eigenvalue weighted by Crippen LogP contribution is 2.28. The van der Waals surface area contributed by atoms with Crippen LogP contribution < -0.4 is 14.2 Å². The molecule has 0 fully saturated rings. The fraction of sp³-hybridized carbons (Fsp3) is 0.250. The van der Waals surface area contributed by atoms with E-state index in [1.165, 1.54) is 0 Å². The average Bonchev–Trinajstić information content (AvgIpc) is 2.49. The van der Waals surface area contributed by atoms with Gasteiger partial charge in [0.05, 0.1) is 25.3 Å². The Labute approximate surface area is 134 Å². The van der Waals surface area contributed by atoms with Gasteiger partial charge in [0.1, 0.15) is 5.75 Å². The van der Waals surface area contributed by atoms with Gasteiger partial charge in [-0.1, -0.05) is 35.3 Å². The van der Waals surface area contributed by atoms with E-state index in [0.29, 0.717) is 29.0 Å². The lowest BCUT2D eigenvalue weighted by atomic mass is 10.3. The second kappa shape index (κ2) is 8.01. The van der Waals surface area contributed by atoms with E-state index in [0.717, 1.165) is 17.9 Å². The highest BCUT2D eigenvalue weighted by atomic mass is 35.5. The van der Waals surface area contributed by atoms with Crippen LogP contribution in [0, 0.1) is 0 Å². The van der Waals surface area contributed by atoms with Crippen LogP contribution in [0.1, 0.15) is 6.42 Å². The Hall–Kier alpha value is -1.58. The Morgan fingerprint density at radius 3 is 2.19 bits per heavy atom. The number of ether oxygens (including phenoxy) is 3. The second-order valence-corrected chi connectivity index (χ2v) is 5.12. The molecule has 0 atom stereocenters. The van der Waals surface area contributed by atoms with E-state index in [4.69, 9.17) is 37.4 Å². The molecule has 2 aromatic rings. The summed E-state index contributed by atoms with van der Waals surface area (Å²) in [6.07, 6.45) is 0.733. The summed E-state index contributed by atoms with van der Waals surface area (Å²) < 4.78 is 16.5. The zero-order valence-corrected chi connectivity index (χ0v) is 13.2. The molecular weight excluding hydrogens is 311 g/mol. The number of rotatable bonds is 7. The van der Waals surface area contributed by atoms with Crippen LogP contribution in [-0.2, 0) is 0 Å². The molecule has 0 aliphatic heterocycles. The van der Waals surface area contributed by atoms with Gasteiger partial charge in [-0.15, -0.1) is 0 Å². The van der Waals surface area contributed by atoms with Crippen LogP contribution in [0.3, 0.4) is 0 Å². The summed E-state index contributed by atoms with van der Waals surface area (Å²) >= 11 is 11.8. The van der Waals surface area contributed by atoms with Crippen LogP contribution in [0.15, 0.2) is 42.5 Å². The molecule has 0 unspecified atom stereocenters. The van der Waals surface area contributed by atoms with Crippen molar-refractivity contribution in [2.24, 2.45) is 0 Å². The molecule has 0 saturated carbocycles. The molecule has 0 aromatic heterocycles. The predicted octanol–water partition coefficient (Wildman–Crippen LogP) is 4.85. The van der Waals surface area contributed by atoms with Crippen molar-refractivity contribution in [3.63, 3.8) is 0 Å². The Morgan fingerprint density at radius 1 is 0.857 bits per heavy atom. The number of hydrogen-bond donors (Lipinski definition) is 0. The summed E-state index contributed by atoms with van der Waals surface area (Å²) in [7, 11) is 1.62. The number of para-hydroxylation sites is 2. The first-order valence-electron chi connectivity index (χ1n) is 6.54. The van der Waals surface area contributed by atoms with Gasteiger partial charge in [-0.3, -0.25) is 0 Å². The fourth-order valence-electron chi connectivity index (χ4n) is 1.75. The fourth-order valence-corrected chi connectivity index (χ4v) is 2.22. The van der Waals surface area contributed by atoms with Crippen molar-refractivity contribution in [3.8, 4) is 17.2 Å².